The maximum absolute atomic E-state index is 12.7. The van der Waals surface area contributed by atoms with Crippen LogP contribution < -0.4 is 10.2 Å². The molecule has 0 saturated heterocycles. The number of fused-ring (bicyclic) bond motifs is 2. The number of H-pyrrole nitrogens is 1. The van der Waals surface area contributed by atoms with Crippen LogP contribution >= 0.6 is 0 Å². The highest BCUT2D eigenvalue weighted by Gasteiger charge is 2.28. The average Bonchev–Trinajstić information content (AvgIpc) is 3.02. The molecule has 7 heteroatoms. The lowest BCUT2D eigenvalue weighted by Gasteiger charge is -2.25. The molecule has 2 aromatic rings. The Morgan fingerprint density at radius 2 is 2.05 bits per heavy atom. The Kier molecular flexibility index (Phi) is 2.83. The van der Waals surface area contributed by atoms with Gasteiger partial charge in [-0.1, -0.05) is 0 Å². The molecule has 2 aliphatic heterocycles. The van der Waals surface area contributed by atoms with Crippen molar-refractivity contribution in [2.75, 3.05) is 23.3 Å². The minimum atomic E-state index is -0.0989. The third kappa shape index (κ3) is 2.05. The first-order valence-electron chi connectivity index (χ1n) is 7.28. The van der Waals surface area contributed by atoms with Gasteiger partial charge in [0.2, 0.25) is 0 Å². The molecule has 7 nitrogen and oxygen atoms in total. The molecule has 2 N–H and O–H groups in total. The van der Waals surface area contributed by atoms with Gasteiger partial charge in [0.25, 0.3) is 5.91 Å². The number of anilines is 2. The van der Waals surface area contributed by atoms with Crippen molar-refractivity contribution in [3.8, 4) is 0 Å². The van der Waals surface area contributed by atoms with E-state index >= 15 is 0 Å². The van der Waals surface area contributed by atoms with Gasteiger partial charge >= 0.3 is 0 Å². The van der Waals surface area contributed by atoms with Crippen LogP contribution in [0.2, 0.25) is 0 Å². The second-order valence-electron chi connectivity index (χ2n) is 5.38. The van der Waals surface area contributed by atoms with Gasteiger partial charge < -0.3 is 5.32 Å². The van der Waals surface area contributed by atoms with Gasteiger partial charge in [-0.15, -0.1) is 5.10 Å². The van der Waals surface area contributed by atoms with Crippen LogP contribution in [0.4, 0.5) is 11.5 Å². The topological polar surface area (TPSA) is 86.8 Å². The summed E-state index contributed by atoms with van der Waals surface area (Å²) >= 11 is 0. The standard InChI is InChI=1S/C14H16N6O/c21-14(20-8-2-4-11-13(20)18-19-17-11)12-6-5-9-10(16-12)3-1-7-15-9/h5-6,15H,1-4,7-8H2,(H,17,18,19). The predicted octanol–water partition coefficient (Wildman–Crippen LogP) is 1.15. The highest BCUT2D eigenvalue weighted by molar-refractivity contribution is 6.04. The molecular formula is C14H16N6O. The van der Waals surface area contributed by atoms with Gasteiger partial charge in [-0.25, -0.2) is 4.98 Å². The molecule has 0 aliphatic carbocycles. The summed E-state index contributed by atoms with van der Waals surface area (Å²) in [6, 6.07) is 3.73. The number of carbonyl (C=O) groups is 1. The monoisotopic (exact) mass is 284 g/mol. The number of aryl methyl sites for hydroxylation is 2. The molecule has 0 saturated carbocycles. The van der Waals surface area contributed by atoms with Crippen molar-refractivity contribution in [1.82, 2.24) is 20.4 Å². The van der Waals surface area contributed by atoms with E-state index in [4.69, 9.17) is 0 Å². The normalized spacial score (nSPS) is 16.9. The molecule has 1 amide bonds. The Balaban J connectivity index is 1.67. The van der Waals surface area contributed by atoms with E-state index in [-0.39, 0.29) is 5.91 Å². The number of aromatic nitrogens is 4. The number of amides is 1. The molecule has 0 atom stereocenters. The quantitative estimate of drug-likeness (QED) is 0.820. The molecule has 4 rings (SSSR count). The number of nitrogens with one attached hydrogen (secondary N) is 2. The smallest absolute Gasteiger partial charge is 0.278 e. The van der Waals surface area contributed by atoms with Gasteiger partial charge in [0.15, 0.2) is 5.82 Å². The maximum Gasteiger partial charge on any atom is 0.278 e. The number of aromatic amines is 1. The van der Waals surface area contributed by atoms with Crippen LogP contribution in [0.3, 0.4) is 0 Å². The predicted molar refractivity (Wildman–Crippen MR) is 77.4 cm³/mol. The summed E-state index contributed by atoms with van der Waals surface area (Å²) in [5, 5.41) is 14.1. The van der Waals surface area contributed by atoms with E-state index < -0.39 is 0 Å². The number of pyridine rings is 1. The minimum Gasteiger partial charge on any atom is -0.384 e. The molecule has 0 fully saturated rings. The van der Waals surface area contributed by atoms with Crippen LogP contribution in [0.25, 0.3) is 0 Å². The summed E-state index contributed by atoms with van der Waals surface area (Å²) < 4.78 is 0. The third-order valence-electron chi connectivity index (χ3n) is 3.99. The maximum atomic E-state index is 12.7. The van der Waals surface area contributed by atoms with E-state index in [0.717, 1.165) is 49.3 Å². The first kappa shape index (κ1) is 12.3. The number of hydrogen-bond acceptors (Lipinski definition) is 5. The van der Waals surface area contributed by atoms with Gasteiger partial charge in [0.1, 0.15) is 11.4 Å². The first-order valence-corrected chi connectivity index (χ1v) is 7.28. The molecule has 4 heterocycles. The molecule has 2 aromatic heterocycles. The van der Waals surface area contributed by atoms with E-state index in [1.165, 1.54) is 0 Å². The molecule has 108 valence electrons. The Labute approximate surface area is 121 Å². The van der Waals surface area contributed by atoms with E-state index in [1.54, 1.807) is 11.0 Å². The van der Waals surface area contributed by atoms with Crippen molar-refractivity contribution in [3.05, 3.63) is 29.2 Å². The van der Waals surface area contributed by atoms with Crippen molar-refractivity contribution in [3.63, 3.8) is 0 Å². The lowest BCUT2D eigenvalue weighted by Crippen LogP contribution is -2.36. The Morgan fingerprint density at radius 1 is 1.14 bits per heavy atom. The van der Waals surface area contributed by atoms with Crippen molar-refractivity contribution in [2.24, 2.45) is 0 Å². The summed E-state index contributed by atoms with van der Waals surface area (Å²) in [5.41, 5.74) is 3.35. The molecule has 0 spiro atoms. The SMILES string of the molecule is O=C(c1ccc2c(n1)CCCN2)N1CCCc2n[nH]nc21. The zero-order chi connectivity index (χ0) is 14.2. The van der Waals surface area contributed by atoms with Crippen molar-refractivity contribution in [1.29, 1.82) is 0 Å². The fraction of sp³-hybridized carbons (Fsp3) is 0.429. The van der Waals surface area contributed by atoms with Crippen LogP contribution in [-0.4, -0.2) is 39.4 Å². The van der Waals surface area contributed by atoms with Gasteiger partial charge in [-0.2, -0.15) is 10.3 Å². The van der Waals surface area contributed by atoms with Crippen LogP contribution in [-0.2, 0) is 12.8 Å². The third-order valence-corrected chi connectivity index (χ3v) is 3.99. The zero-order valence-electron chi connectivity index (χ0n) is 11.6. The largest absolute Gasteiger partial charge is 0.384 e. The molecule has 0 aromatic carbocycles. The lowest BCUT2D eigenvalue weighted by molar-refractivity contribution is 0.0979. The summed E-state index contributed by atoms with van der Waals surface area (Å²) in [5.74, 6) is 0.544. The van der Waals surface area contributed by atoms with Gasteiger partial charge in [0, 0.05) is 13.1 Å². The molecule has 21 heavy (non-hydrogen) atoms. The highest BCUT2D eigenvalue weighted by Crippen LogP contribution is 2.25. The molecular weight excluding hydrogens is 268 g/mol. The average molecular weight is 284 g/mol. The molecule has 0 unspecified atom stereocenters. The van der Waals surface area contributed by atoms with Crippen LogP contribution in [0.15, 0.2) is 12.1 Å². The zero-order valence-corrected chi connectivity index (χ0v) is 11.6. The molecule has 0 radical (unpaired) electrons. The van der Waals surface area contributed by atoms with E-state index in [2.05, 4.69) is 25.7 Å². The number of hydrogen-bond donors (Lipinski definition) is 2. The van der Waals surface area contributed by atoms with Crippen LogP contribution in [0.1, 0.15) is 34.7 Å². The summed E-state index contributed by atoms with van der Waals surface area (Å²) in [4.78, 5) is 18.9. The van der Waals surface area contributed by atoms with Gasteiger partial charge in [0.05, 0.1) is 11.4 Å². The second-order valence-corrected chi connectivity index (χ2v) is 5.38. The van der Waals surface area contributed by atoms with E-state index in [1.807, 2.05) is 6.07 Å². The lowest BCUT2D eigenvalue weighted by atomic mass is 10.1. The highest BCUT2D eigenvalue weighted by atomic mass is 16.2. The Hall–Kier alpha value is -2.44. The van der Waals surface area contributed by atoms with Crippen molar-refractivity contribution in [2.45, 2.75) is 25.7 Å². The summed E-state index contributed by atoms with van der Waals surface area (Å²) in [6.45, 7) is 1.63. The Bertz CT molecular complexity index is 695. The van der Waals surface area contributed by atoms with Crippen LogP contribution in [0, 0.1) is 0 Å². The van der Waals surface area contributed by atoms with Crippen LogP contribution in [0.5, 0.6) is 0 Å². The summed E-state index contributed by atoms with van der Waals surface area (Å²) in [7, 11) is 0. The first-order chi connectivity index (χ1) is 10.3. The summed E-state index contributed by atoms with van der Waals surface area (Å²) in [6.07, 6.45) is 3.72. The van der Waals surface area contributed by atoms with Crippen molar-refractivity contribution >= 4 is 17.4 Å². The fourth-order valence-electron chi connectivity index (χ4n) is 2.93. The minimum absolute atomic E-state index is 0.0989. The number of carbonyl (C=O) groups excluding carboxylic acids is 1. The van der Waals surface area contributed by atoms with E-state index in [0.29, 0.717) is 18.1 Å². The van der Waals surface area contributed by atoms with Gasteiger partial charge in [-0.05, 0) is 37.8 Å². The second kappa shape index (κ2) is 4.83. The number of nitrogens with zero attached hydrogens (tertiary/aromatic N) is 4. The molecule has 0 bridgehead atoms. The number of rotatable bonds is 1. The molecule has 2 aliphatic rings. The van der Waals surface area contributed by atoms with Gasteiger partial charge in [-0.3, -0.25) is 9.69 Å². The van der Waals surface area contributed by atoms with Crippen molar-refractivity contribution < 1.29 is 4.79 Å². The fourth-order valence-corrected chi connectivity index (χ4v) is 2.93. The van der Waals surface area contributed by atoms with E-state index in [9.17, 15) is 4.79 Å². The Morgan fingerprint density at radius 3 is 3.00 bits per heavy atom.